The molecule has 0 aliphatic carbocycles. The first-order valence-electron chi connectivity index (χ1n) is 11.3. The monoisotopic (exact) mass is 521 g/mol. The van der Waals surface area contributed by atoms with Gasteiger partial charge in [0.15, 0.2) is 11.2 Å². The van der Waals surface area contributed by atoms with Gasteiger partial charge in [0.1, 0.15) is 5.75 Å². The van der Waals surface area contributed by atoms with Crippen LogP contribution in [0.2, 0.25) is 0 Å². The number of alkyl halides is 3. The van der Waals surface area contributed by atoms with Gasteiger partial charge >= 0.3 is 12.1 Å². The van der Waals surface area contributed by atoms with E-state index in [9.17, 15) is 22.8 Å². The fourth-order valence-corrected chi connectivity index (χ4v) is 4.22. The first-order chi connectivity index (χ1) is 17.1. The lowest BCUT2D eigenvalue weighted by atomic mass is 10.1. The molecule has 0 aliphatic heterocycles. The van der Waals surface area contributed by atoms with Gasteiger partial charge in [-0.05, 0) is 43.7 Å². The van der Waals surface area contributed by atoms with Gasteiger partial charge in [-0.3, -0.25) is 19.5 Å². The molecule has 11 heteroatoms. The molecular formula is C25H26F3N3O4S. The second-order valence-corrected chi connectivity index (χ2v) is 8.75. The highest BCUT2D eigenvalue weighted by Gasteiger charge is 2.37. The SMILES string of the molecule is CCCCCOc1ccc(N(C(=O)C(C)OC(C)=O)c2nc(-c3cccnc3)cs2)cc1C(F)(F)F. The average molecular weight is 522 g/mol. The molecule has 192 valence electrons. The Morgan fingerprint density at radius 1 is 1.19 bits per heavy atom. The summed E-state index contributed by atoms with van der Waals surface area (Å²) < 4.78 is 52.3. The Morgan fingerprint density at radius 3 is 2.61 bits per heavy atom. The quantitative estimate of drug-likeness (QED) is 0.227. The van der Waals surface area contributed by atoms with E-state index in [-0.39, 0.29) is 23.2 Å². The number of benzene rings is 1. The van der Waals surface area contributed by atoms with Gasteiger partial charge in [0.05, 0.1) is 23.6 Å². The number of unbranched alkanes of at least 4 members (excludes halogenated alkanes) is 2. The van der Waals surface area contributed by atoms with Crippen LogP contribution in [-0.4, -0.2) is 34.6 Å². The normalized spacial score (nSPS) is 12.2. The third-order valence-corrected chi connectivity index (χ3v) is 5.91. The first kappa shape index (κ1) is 27.1. The van der Waals surface area contributed by atoms with E-state index in [1.807, 2.05) is 6.92 Å². The van der Waals surface area contributed by atoms with Crippen molar-refractivity contribution in [1.82, 2.24) is 9.97 Å². The Morgan fingerprint density at radius 2 is 1.97 bits per heavy atom. The van der Waals surface area contributed by atoms with E-state index >= 15 is 0 Å². The highest BCUT2D eigenvalue weighted by atomic mass is 32.1. The average Bonchev–Trinajstić information content (AvgIpc) is 3.31. The van der Waals surface area contributed by atoms with Crippen molar-refractivity contribution in [1.29, 1.82) is 0 Å². The van der Waals surface area contributed by atoms with Crippen molar-refractivity contribution >= 4 is 34.0 Å². The topological polar surface area (TPSA) is 81.6 Å². The summed E-state index contributed by atoms with van der Waals surface area (Å²) >= 11 is 1.06. The first-order valence-corrected chi connectivity index (χ1v) is 12.2. The Bertz CT molecular complexity index is 1180. The van der Waals surface area contributed by atoms with Gasteiger partial charge in [0.25, 0.3) is 5.91 Å². The summed E-state index contributed by atoms with van der Waals surface area (Å²) in [6.07, 6.45) is -0.448. The number of carbonyl (C=O) groups excluding carboxylic acids is 2. The van der Waals surface area contributed by atoms with Crippen LogP contribution in [0.4, 0.5) is 24.0 Å². The van der Waals surface area contributed by atoms with Crippen LogP contribution in [0.3, 0.4) is 0 Å². The number of esters is 1. The fraction of sp³-hybridized carbons (Fsp3) is 0.360. The smallest absolute Gasteiger partial charge is 0.420 e. The maximum Gasteiger partial charge on any atom is 0.420 e. The van der Waals surface area contributed by atoms with Crippen LogP contribution in [0.15, 0.2) is 48.1 Å². The molecule has 7 nitrogen and oxygen atoms in total. The highest BCUT2D eigenvalue weighted by Crippen LogP contribution is 2.41. The van der Waals surface area contributed by atoms with E-state index < -0.39 is 29.7 Å². The molecule has 1 amide bonds. The number of nitrogens with zero attached hydrogens (tertiary/aromatic N) is 3. The molecule has 0 saturated carbocycles. The number of carbonyl (C=O) groups is 2. The largest absolute Gasteiger partial charge is 0.493 e. The summed E-state index contributed by atoms with van der Waals surface area (Å²) in [6.45, 7) is 4.62. The summed E-state index contributed by atoms with van der Waals surface area (Å²) in [7, 11) is 0. The molecule has 0 bridgehead atoms. The van der Waals surface area contributed by atoms with Crippen LogP contribution in [0.5, 0.6) is 5.75 Å². The molecule has 0 N–H and O–H groups in total. The molecular weight excluding hydrogens is 495 g/mol. The third kappa shape index (κ3) is 6.81. The van der Waals surface area contributed by atoms with Crippen LogP contribution < -0.4 is 9.64 Å². The standard InChI is InChI=1S/C25H26F3N3O4S/c1-4-5-6-12-34-22-10-9-19(13-20(22)25(26,27)28)31(23(33)16(2)35-17(3)32)24-30-21(15-36-24)18-8-7-11-29-14-18/h7-11,13-16H,4-6,12H2,1-3H3. The van der Waals surface area contributed by atoms with Gasteiger partial charge in [0, 0.05) is 30.3 Å². The van der Waals surface area contributed by atoms with Crippen molar-refractivity contribution in [2.75, 3.05) is 11.5 Å². The molecule has 2 heterocycles. The van der Waals surface area contributed by atoms with E-state index in [4.69, 9.17) is 9.47 Å². The molecule has 3 aromatic rings. The number of halogens is 3. The summed E-state index contributed by atoms with van der Waals surface area (Å²) in [6, 6.07) is 6.88. The zero-order valence-electron chi connectivity index (χ0n) is 20.0. The lowest BCUT2D eigenvalue weighted by molar-refractivity contribution is -0.151. The van der Waals surface area contributed by atoms with Gasteiger partial charge in [-0.2, -0.15) is 13.2 Å². The highest BCUT2D eigenvalue weighted by molar-refractivity contribution is 7.14. The minimum atomic E-state index is -4.73. The molecule has 0 radical (unpaired) electrons. The Kier molecular flexibility index (Phi) is 9.03. The Balaban J connectivity index is 2.05. The third-order valence-electron chi connectivity index (χ3n) is 5.08. The van der Waals surface area contributed by atoms with Crippen LogP contribution in [0.25, 0.3) is 11.3 Å². The summed E-state index contributed by atoms with van der Waals surface area (Å²) in [5.74, 6) is -1.77. The zero-order valence-corrected chi connectivity index (χ0v) is 20.9. The number of hydrogen-bond acceptors (Lipinski definition) is 7. The van der Waals surface area contributed by atoms with E-state index in [1.165, 1.54) is 19.1 Å². The maximum absolute atomic E-state index is 14.0. The van der Waals surface area contributed by atoms with Gasteiger partial charge in [-0.15, -0.1) is 11.3 Å². The number of rotatable bonds is 10. The molecule has 1 atom stereocenters. The zero-order chi connectivity index (χ0) is 26.3. The minimum absolute atomic E-state index is 0.0840. The van der Waals surface area contributed by atoms with Gasteiger partial charge in [-0.1, -0.05) is 19.8 Å². The van der Waals surface area contributed by atoms with Gasteiger partial charge in [-0.25, -0.2) is 4.98 Å². The summed E-state index contributed by atoms with van der Waals surface area (Å²) in [5, 5.41) is 1.78. The number of ether oxygens (including phenoxy) is 2. The number of hydrogen-bond donors (Lipinski definition) is 0. The van der Waals surface area contributed by atoms with Crippen molar-refractivity contribution in [2.45, 2.75) is 52.3 Å². The minimum Gasteiger partial charge on any atom is -0.493 e. The number of pyridine rings is 1. The van der Waals surface area contributed by atoms with E-state index in [0.29, 0.717) is 17.7 Å². The van der Waals surface area contributed by atoms with Crippen molar-refractivity contribution < 1.29 is 32.2 Å². The number of amides is 1. The number of aromatic nitrogens is 2. The second-order valence-electron chi connectivity index (χ2n) is 7.92. The molecule has 0 fully saturated rings. The maximum atomic E-state index is 14.0. The van der Waals surface area contributed by atoms with Crippen LogP contribution >= 0.6 is 11.3 Å². The van der Waals surface area contributed by atoms with Crippen molar-refractivity contribution in [3.63, 3.8) is 0 Å². The predicted octanol–water partition coefficient (Wildman–Crippen LogP) is 6.41. The van der Waals surface area contributed by atoms with Crippen LogP contribution in [0.1, 0.15) is 45.6 Å². The molecule has 0 aliphatic rings. The second kappa shape index (κ2) is 12.0. The lowest BCUT2D eigenvalue weighted by Crippen LogP contribution is -2.37. The molecule has 1 aromatic carbocycles. The number of anilines is 2. The molecule has 0 spiro atoms. The molecule has 3 rings (SSSR count). The summed E-state index contributed by atoms with van der Waals surface area (Å²) in [4.78, 5) is 34.3. The Hall–Kier alpha value is -3.47. The number of thiazole rings is 1. The predicted molar refractivity (Wildman–Crippen MR) is 130 cm³/mol. The summed E-state index contributed by atoms with van der Waals surface area (Å²) in [5.41, 5.74) is 0.0676. The van der Waals surface area contributed by atoms with E-state index in [1.54, 1.807) is 29.9 Å². The van der Waals surface area contributed by atoms with E-state index in [0.717, 1.165) is 42.1 Å². The Labute approximate surface area is 210 Å². The van der Waals surface area contributed by atoms with Crippen LogP contribution in [-0.2, 0) is 20.5 Å². The van der Waals surface area contributed by atoms with E-state index in [2.05, 4.69) is 9.97 Å². The molecule has 0 saturated heterocycles. The van der Waals surface area contributed by atoms with Crippen molar-refractivity contribution in [2.24, 2.45) is 0 Å². The van der Waals surface area contributed by atoms with Crippen molar-refractivity contribution in [3.05, 3.63) is 53.7 Å². The van der Waals surface area contributed by atoms with Gasteiger partial charge < -0.3 is 9.47 Å². The molecule has 1 unspecified atom stereocenters. The van der Waals surface area contributed by atoms with Crippen molar-refractivity contribution in [3.8, 4) is 17.0 Å². The fourth-order valence-electron chi connectivity index (χ4n) is 3.37. The molecule has 36 heavy (non-hydrogen) atoms. The van der Waals surface area contributed by atoms with Crippen LogP contribution in [0, 0.1) is 0 Å². The lowest BCUT2D eigenvalue weighted by Gasteiger charge is -2.25. The van der Waals surface area contributed by atoms with Gasteiger partial charge in [0.2, 0.25) is 0 Å². The molecule has 2 aromatic heterocycles.